The molecule has 1 saturated heterocycles. The number of hydrogen-bond acceptors (Lipinski definition) is 3. The van der Waals surface area contributed by atoms with Gasteiger partial charge in [0.05, 0.1) is 10.6 Å². The molecule has 4 heteroatoms. The van der Waals surface area contributed by atoms with Crippen molar-refractivity contribution in [2.75, 3.05) is 18.0 Å². The van der Waals surface area contributed by atoms with Gasteiger partial charge in [0.1, 0.15) is 5.82 Å². The van der Waals surface area contributed by atoms with Gasteiger partial charge in [0.15, 0.2) is 0 Å². The third-order valence-electron chi connectivity index (χ3n) is 3.10. The minimum Gasteiger partial charge on any atom is -0.388 e. The maximum atomic E-state index is 10.1. The van der Waals surface area contributed by atoms with Crippen LogP contribution in [0, 0.1) is 5.92 Å². The first-order valence-corrected chi connectivity index (χ1v) is 5.46. The molecule has 1 aliphatic heterocycles. The van der Waals surface area contributed by atoms with Gasteiger partial charge in [-0.15, -0.1) is 0 Å². The lowest BCUT2D eigenvalue weighted by atomic mass is 9.95. The molecular formula is C11H15ClN2O. The highest BCUT2D eigenvalue weighted by molar-refractivity contribution is 6.30. The number of nitrogens with zero attached hydrogens (tertiary/aromatic N) is 2. The largest absolute Gasteiger partial charge is 0.388 e. The van der Waals surface area contributed by atoms with Gasteiger partial charge in [-0.3, -0.25) is 0 Å². The van der Waals surface area contributed by atoms with E-state index in [9.17, 15) is 5.11 Å². The summed E-state index contributed by atoms with van der Waals surface area (Å²) in [6.45, 7) is 5.38. The van der Waals surface area contributed by atoms with Crippen molar-refractivity contribution in [1.29, 1.82) is 0 Å². The topological polar surface area (TPSA) is 36.4 Å². The number of aromatic nitrogens is 1. The Morgan fingerprint density at radius 2 is 2.33 bits per heavy atom. The Morgan fingerprint density at radius 3 is 2.80 bits per heavy atom. The molecule has 1 aromatic rings. The molecule has 0 bridgehead atoms. The summed E-state index contributed by atoms with van der Waals surface area (Å²) in [7, 11) is 0. The maximum absolute atomic E-state index is 10.1. The van der Waals surface area contributed by atoms with Gasteiger partial charge in [0, 0.05) is 25.2 Å². The highest BCUT2D eigenvalue weighted by atomic mass is 35.5. The summed E-state index contributed by atoms with van der Waals surface area (Å²) < 4.78 is 0. The molecule has 1 N–H and O–H groups in total. The van der Waals surface area contributed by atoms with Crippen molar-refractivity contribution in [3.63, 3.8) is 0 Å². The predicted octanol–water partition coefficient (Wildman–Crippen LogP) is 1.94. The molecule has 0 spiro atoms. The first-order valence-electron chi connectivity index (χ1n) is 5.08. The zero-order valence-corrected chi connectivity index (χ0v) is 9.70. The standard InChI is InChI=1S/C11H15ClN2O/c1-8-6-14(7-11(8,2)15)10-4-3-9(12)5-13-10/h3-5,8,15H,6-7H2,1-2H3. The monoisotopic (exact) mass is 226 g/mol. The Bertz CT molecular complexity index is 350. The number of anilines is 1. The number of pyridine rings is 1. The summed E-state index contributed by atoms with van der Waals surface area (Å²) in [5, 5.41) is 10.7. The van der Waals surface area contributed by atoms with Crippen molar-refractivity contribution in [3.8, 4) is 0 Å². The molecule has 0 saturated carbocycles. The summed E-state index contributed by atoms with van der Waals surface area (Å²) in [5.74, 6) is 1.14. The van der Waals surface area contributed by atoms with Gasteiger partial charge in [0.25, 0.3) is 0 Å². The molecule has 0 aromatic carbocycles. The SMILES string of the molecule is CC1CN(c2ccc(Cl)cn2)CC1(C)O. The molecule has 1 aromatic heterocycles. The molecule has 1 aliphatic rings. The van der Waals surface area contributed by atoms with E-state index in [2.05, 4.69) is 16.8 Å². The van der Waals surface area contributed by atoms with E-state index in [4.69, 9.17) is 11.6 Å². The van der Waals surface area contributed by atoms with Crippen molar-refractivity contribution in [3.05, 3.63) is 23.4 Å². The van der Waals surface area contributed by atoms with Crippen LogP contribution >= 0.6 is 11.6 Å². The Balaban J connectivity index is 2.17. The van der Waals surface area contributed by atoms with E-state index >= 15 is 0 Å². The molecule has 2 atom stereocenters. The van der Waals surface area contributed by atoms with E-state index < -0.39 is 5.60 Å². The molecule has 2 rings (SSSR count). The van der Waals surface area contributed by atoms with E-state index in [0.29, 0.717) is 11.6 Å². The smallest absolute Gasteiger partial charge is 0.128 e. The highest BCUT2D eigenvalue weighted by Gasteiger charge is 2.38. The quantitative estimate of drug-likeness (QED) is 0.795. The van der Waals surface area contributed by atoms with Crippen LogP contribution in [0.15, 0.2) is 18.3 Å². The lowest BCUT2D eigenvalue weighted by Gasteiger charge is -2.21. The summed E-state index contributed by atoms with van der Waals surface area (Å²) >= 11 is 5.77. The second-order valence-electron chi connectivity index (χ2n) is 4.47. The molecule has 1 fully saturated rings. The summed E-state index contributed by atoms with van der Waals surface area (Å²) in [4.78, 5) is 6.33. The van der Waals surface area contributed by atoms with Crippen LogP contribution in [-0.2, 0) is 0 Å². The van der Waals surface area contributed by atoms with Crippen molar-refractivity contribution in [1.82, 2.24) is 4.98 Å². The average molecular weight is 227 g/mol. The van der Waals surface area contributed by atoms with Crippen LogP contribution in [0.1, 0.15) is 13.8 Å². The first-order chi connectivity index (χ1) is 6.99. The zero-order valence-electron chi connectivity index (χ0n) is 8.94. The van der Waals surface area contributed by atoms with Crippen LogP contribution in [0.3, 0.4) is 0 Å². The molecule has 15 heavy (non-hydrogen) atoms. The van der Waals surface area contributed by atoms with Gasteiger partial charge in [-0.05, 0) is 19.1 Å². The number of rotatable bonds is 1. The summed E-state index contributed by atoms with van der Waals surface area (Å²) in [6, 6.07) is 3.71. The van der Waals surface area contributed by atoms with Crippen molar-refractivity contribution in [2.45, 2.75) is 19.4 Å². The third-order valence-corrected chi connectivity index (χ3v) is 3.33. The van der Waals surface area contributed by atoms with Crippen molar-refractivity contribution in [2.24, 2.45) is 5.92 Å². The second-order valence-corrected chi connectivity index (χ2v) is 4.91. The van der Waals surface area contributed by atoms with Crippen LogP contribution < -0.4 is 4.90 Å². The van der Waals surface area contributed by atoms with Gasteiger partial charge in [-0.2, -0.15) is 0 Å². The van der Waals surface area contributed by atoms with E-state index in [1.807, 2.05) is 19.1 Å². The molecule has 0 amide bonds. The van der Waals surface area contributed by atoms with E-state index in [-0.39, 0.29) is 5.92 Å². The van der Waals surface area contributed by atoms with E-state index in [0.717, 1.165) is 12.4 Å². The number of hydrogen-bond donors (Lipinski definition) is 1. The Kier molecular flexibility index (Phi) is 2.61. The highest BCUT2D eigenvalue weighted by Crippen LogP contribution is 2.30. The third kappa shape index (κ3) is 2.08. The fraction of sp³-hybridized carbons (Fsp3) is 0.545. The lowest BCUT2D eigenvalue weighted by molar-refractivity contribution is 0.0443. The van der Waals surface area contributed by atoms with Crippen LogP contribution in [0.2, 0.25) is 5.02 Å². The lowest BCUT2D eigenvalue weighted by Crippen LogP contribution is -2.33. The Hall–Kier alpha value is -0.800. The summed E-state index contributed by atoms with van der Waals surface area (Å²) in [5.41, 5.74) is -0.624. The molecule has 2 heterocycles. The molecule has 82 valence electrons. The van der Waals surface area contributed by atoms with Crippen molar-refractivity contribution < 1.29 is 5.11 Å². The zero-order chi connectivity index (χ0) is 11.1. The number of β-amino-alcohol motifs (C(OH)–C–C–N with tert-alkyl or cyclic N) is 1. The van der Waals surface area contributed by atoms with Crippen molar-refractivity contribution >= 4 is 17.4 Å². The maximum Gasteiger partial charge on any atom is 0.128 e. The van der Waals surface area contributed by atoms with Crippen LogP contribution in [-0.4, -0.2) is 28.8 Å². The van der Waals surface area contributed by atoms with E-state index in [1.165, 1.54) is 0 Å². The first kappa shape index (κ1) is 10.7. The van der Waals surface area contributed by atoms with Gasteiger partial charge in [-0.25, -0.2) is 4.98 Å². The summed E-state index contributed by atoms with van der Waals surface area (Å²) in [6.07, 6.45) is 1.63. The average Bonchev–Trinajstić information content (AvgIpc) is 2.42. The van der Waals surface area contributed by atoms with Crippen LogP contribution in [0.4, 0.5) is 5.82 Å². The van der Waals surface area contributed by atoms with Gasteiger partial charge in [0.2, 0.25) is 0 Å². The van der Waals surface area contributed by atoms with Gasteiger partial charge < -0.3 is 10.0 Å². The number of halogens is 1. The minimum atomic E-state index is -0.624. The number of aliphatic hydroxyl groups is 1. The van der Waals surface area contributed by atoms with Crippen LogP contribution in [0.25, 0.3) is 0 Å². The molecule has 0 radical (unpaired) electrons. The normalized spacial score (nSPS) is 30.9. The molecule has 2 unspecified atom stereocenters. The molecule has 0 aliphatic carbocycles. The van der Waals surface area contributed by atoms with Crippen LogP contribution in [0.5, 0.6) is 0 Å². The van der Waals surface area contributed by atoms with Gasteiger partial charge >= 0.3 is 0 Å². The Labute approximate surface area is 94.7 Å². The van der Waals surface area contributed by atoms with E-state index in [1.54, 1.807) is 6.20 Å². The van der Waals surface area contributed by atoms with Gasteiger partial charge in [-0.1, -0.05) is 18.5 Å². The molecule has 3 nitrogen and oxygen atoms in total. The predicted molar refractivity (Wildman–Crippen MR) is 61.2 cm³/mol. The molecular weight excluding hydrogens is 212 g/mol. The Morgan fingerprint density at radius 1 is 1.60 bits per heavy atom. The fourth-order valence-corrected chi connectivity index (χ4v) is 1.98. The minimum absolute atomic E-state index is 0.259. The fourth-order valence-electron chi connectivity index (χ4n) is 1.86. The second kappa shape index (κ2) is 3.65.